The molecule has 1 aromatic heterocycles. The number of hydrogen-bond donors (Lipinski definition) is 1. The molecule has 2 rings (SSSR count). The zero-order valence-corrected chi connectivity index (χ0v) is 10.9. The van der Waals surface area contributed by atoms with E-state index >= 15 is 0 Å². The van der Waals surface area contributed by atoms with Crippen LogP contribution in [0, 0.1) is 5.82 Å². The first kappa shape index (κ1) is 13.5. The number of aromatic nitrogens is 1. The van der Waals surface area contributed by atoms with Gasteiger partial charge >= 0.3 is 0 Å². The summed E-state index contributed by atoms with van der Waals surface area (Å²) in [6.07, 6.45) is 3.28. The standard InChI is InChI=1S/C15H17FN2O/c1-2-17-9-12-5-6-15(16)13(8-12)11-19-14-4-3-7-18-10-14/h3-8,10,17H,2,9,11H2,1H3. The van der Waals surface area contributed by atoms with Gasteiger partial charge in [0.05, 0.1) is 6.20 Å². The zero-order chi connectivity index (χ0) is 13.5. The van der Waals surface area contributed by atoms with Crippen LogP contribution >= 0.6 is 0 Å². The van der Waals surface area contributed by atoms with Crippen LogP contribution in [0.3, 0.4) is 0 Å². The lowest BCUT2D eigenvalue weighted by molar-refractivity contribution is 0.298. The van der Waals surface area contributed by atoms with Gasteiger partial charge < -0.3 is 10.1 Å². The average molecular weight is 260 g/mol. The molecule has 0 atom stereocenters. The SMILES string of the molecule is CCNCc1ccc(F)c(COc2cccnc2)c1. The summed E-state index contributed by atoms with van der Waals surface area (Å²) in [4.78, 5) is 3.95. The summed E-state index contributed by atoms with van der Waals surface area (Å²) in [7, 11) is 0. The normalized spacial score (nSPS) is 10.4. The average Bonchev–Trinajstić information content (AvgIpc) is 2.46. The van der Waals surface area contributed by atoms with Gasteiger partial charge in [0, 0.05) is 18.3 Å². The van der Waals surface area contributed by atoms with Gasteiger partial charge in [-0.05, 0) is 36.4 Å². The first-order valence-electron chi connectivity index (χ1n) is 6.30. The van der Waals surface area contributed by atoms with Gasteiger partial charge in [0.25, 0.3) is 0 Å². The minimum atomic E-state index is -0.246. The maximum Gasteiger partial charge on any atom is 0.138 e. The molecule has 19 heavy (non-hydrogen) atoms. The van der Waals surface area contributed by atoms with Gasteiger partial charge in [-0.1, -0.05) is 13.0 Å². The number of hydrogen-bond acceptors (Lipinski definition) is 3. The van der Waals surface area contributed by atoms with Gasteiger partial charge in [0.15, 0.2) is 0 Å². The first-order chi connectivity index (χ1) is 9.29. The van der Waals surface area contributed by atoms with Crippen LogP contribution in [0.5, 0.6) is 5.75 Å². The highest BCUT2D eigenvalue weighted by Crippen LogP contribution is 2.14. The summed E-state index contributed by atoms with van der Waals surface area (Å²) in [6.45, 7) is 3.86. The maximum absolute atomic E-state index is 13.7. The van der Waals surface area contributed by atoms with E-state index < -0.39 is 0 Å². The molecule has 0 aliphatic rings. The van der Waals surface area contributed by atoms with Crippen LogP contribution in [-0.4, -0.2) is 11.5 Å². The third-order valence-corrected chi connectivity index (χ3v) is 2.72. The van der Waals surface area contributed by atoms with E-state index in [0.29, 0.717) is 11.3 Å². The smallest absolute Gasteiger partial charge is 0.138 e. The van der Waals surface area contributed by atoms with Crippen LogP contribution in [-0.2, 0) is 13.2 Å². The van der Waals surface area contributed by atoms with Gasteiger partial charge in [-0.25, -0.2) is 4.39 Å². The van der Waals surface area contributed by atoms with Crippen molar-refractivity contribution in [2.45, 2.75) is 20.1 Å². The van der Waals surface area contributed by atoms with Gasteiger partial charge in [-0.3, -0.25) is 4.98 Å². The largest absolute Gasteiger partial charge is 0.487 e. The Morgan fingerprint density at radius 3 is 2.95 bits per heavy atom. The van der Waals surface area contributed by atoms with E-state index in [4.69, 9.17) is 4.74 Å². The van der Waals surface area contributed by atoms with Crippen molar-refractivity contribution in [3.8, 4) is 5.75 Å². The molecule has 0 amide bonds. The molecule has 4 heteroatoms. The Hall–Kier alpha value is -1.94. The summed E-state index contributed by atoms with van der Waals surface area (Å²) in [5.74, 6) is 0.392. The molecule has 0 radical (unpaired) electrons. The van der Waals surface area contributed by atoms with E-state index in [9.17, 15) is 4.39 Å². The molecule has 0 fully saturated rings. The number of rotatable bonds is 6. The lowest BCUT2D eigenvalue weighted by atomic mass is 10.1. The Morgan fingerprint density at radius 2 is 2.21 bits per heavy atom. The predicted octanol–water partition coefficient (Wildman–Crippen LogP) is 2.91. The predicted molar refractivity (Wildman–Crippen MR) is 72.3 cm³/mol. The first-order valence-corrected chi connectivity index (χ1v) is 6.30. The topological polar surface area (TPSA) is 34.1 Å². The number of nitrogens with zero attached hydrogens (tertiary/aromatic N) is 1. The molecule has 1 N–H and O–H groups in total. The van der Waals surface area contributed by atoms with Crippen molar-refractivity contribution in [2.75, 3.05) is 6.54 Å². The second-order valence-corrected chi connectivity index (χ2v) is 4.18. The number of nitrogens with one attached hydrogen (secondary N) is 1. The third kappa shape index (κ3) is 4.03. The Kier molecular flexibility index (Phi) is 4.86. The second-order valence-electron chi connectivity index (χ2n) is 4.18. The summed E-state index contributed by atoms with van der Waals surface area (Å²) < 4.78 is 19.2. The molecule has 0 unspecified atom stereocenters. The highest BCUT2D eigenvalue weighted by Gasteiger charge is 2.05. The second kappa shape index (κ2) is 6.85. The van der Waals surface area contributed by atoms with E-state index in [-0.39, 0.29) is 12.4 Å². The highest BCUT2D eigenvalue weighted by molar-refractivity contribution is 5.25. The van der Waals surface area contributed by atoms with Crippen LogP contribution in [0.2, 0.25) is 0 Å². The minimum Gasteiger partial charge on any atom is -0.487 e. The monoisotopic (exact) mass is 260 g/mol. The van der Waals surface area contributed by atoms with E-state index in [2.05, 4.69) is 10.3 Å². The van der Waals surface area contributed by atoms with Crippen molar-refractivity contribution in [3.05, 3.63) is 59.7 Å². The fraction of sp³-hybridized carbons (Fsp3) is 0.267. The summed E-state index contributed by atoms with van der Waals surface area (Å²) >= 11 is 0. The molecule has 2 aromatic rings. The van der Waals surface area contributed by atoms with Gasteiger partial charge in [0.2, 0.25) is 0 Å². The van der Waals surface area contributed by atoms with Crippen molar-refractivity contribution in [1.29, 1.82) is 0 Å². The molecule has 100 valence electrons. The van der Waals surface area contributed by atoms with Crippen molar-refractivity contribution in [2.24, 2.45) is 0 Å². The molecular formula is C15H17FN2O. The fourth-order valence-corrected chi connectivity index (χ4v) is 1.71. The molecule has 1 aromatic carbocycles. The van der Waals surface area contributed by atoms with Crippen LogP contribution in [0.15, 0.2) is 42.7 Å². The summed E-state index contributed by atoms with van der Waals surface area (Å²) in [5.41, 5.74) is 1.60. The number of halogens is 1. The summed E-state index contributed by atoms with van der Waals surface area (Å²) in [6, 6.07) is 8.68. The quantitative estimate of drug-likeness (QED) is 0.867. The van der Waals surface area contributed by atoms with Crippen molar-refractivity contribution in [3.63, 3.8) is 0 Å². The third-order valence-electron chi connectivity index (χ3n) is 2.72. The lowest BCUT2D eigenvalue weighted by Crippen LogP contribution is -2.12. The Labute approximate surface area is 112 Å². The van der Waals surface area contributed by atoms with Crippen molar-refractivity contribution >= 4 is 0 Å². The molecule has 3 nitrogen and oxygen atoms in total. The lowest BCUT2D eigenvalue weighted by Gasteiger charge is -2.09. The molecule has 0 bridgehead atoms. The molecule has 0 aliphatic carbocycles. The van der Waals surface area contributed by atoms with Crippen LogP contribution in [0.1, 0.15) is 18.1 Å². The fourth-order valence-electron chi connectivity index (χ4n) is 1.71. The van der Waals surface area contributed by atoms with Gasteiger partial charge in [-0.15, -0.1) is 0 Å². The van der Waals surface area contributed by atoms with Crippen LogP contribution in [0.4, 0.5) is 4.39 Å². The Balaban J connectivity index is 2.02. The van der Waals surface area contributed by atoms with Gasteiger partial charge in [0.1, 0.15) is 18.2 Å². The van der Waals surface area contributed by atoms with E-state index in [1.54, 1.807) is 30.6 Å². The van der Waals surface area contributed by atoms with E-state index in [0.717, 1.165) is 18.7 Å². The van der Waals surface area contributed by atoms with Crippen LogP contribution in [0.25, 0.3) is 0 Å². The molecule has 0 saturated carbocycles. The Morgan fingerprint density at radius 1 is 1.32 bits per heavy atom. The number of ether oxygens (including phenoxy) is 1. The van der Waals surface area contributed by atoms with Gasteiger partial charge in [-0.2, -0.15) is 0 Å². The Bertz CT molecular complexity index is 517. The van der Waals surface area contributed by atoms with E-state index in [1.165, 1.54) is 6.07 Å². The molecule has 0 aliphatic heterocycles. The molecule has 1 heterocycles. The molecule has 0 spiro atoms. The zero-order valence-electron chi connectivity index (χ0n) is 10.9. The number of benzene rings is 1. The van der Waals surface area contributed by atoms with Crippen molar-refractivity contribution < 1.29 is 9.13 Å². The van der Waals surface area contributed by atoms with E-state index in [1.807, 2.05) is 13.0 Å². The van der Waals surface area contributed by atoms with Crippen LogP contribution < -0.4 is 10.1 Å². The number of pyridine rings is 1. The molecule has 0 saturated heterocycles. The van der Waals surface area contributed by atoms with Crippen molar-refractivity contribution in [1.82, 2.24) is 10.3 Å². The maximum atomic E-state index is 13.7. The molecular weight excluding hydrogens is 243 g/mol. The highest BCUT2D eigenvalue weighted by atomic mass is 19.1. The minimum absolute atomic E-state index is 0.206. The summed E-state index contributed by atoms with van der Waals surface area (Å²) in [5, 5.41) is 3.21.